The number of nitrogens with zero attached hydrogens (tertiary/aromatic N) is 3. The number of ether oxygens (including phenoxy) is 1. The second kappa shape index (κ2) is 8.65. The monoisotopic (exact) mass is 476 g/mol. The van der Waals surface area contributed by atoms with E-state index in [-0.39, 0.29) is 23.2 Å². The highest BCUT2D eigenvalue weighted by molar-refractivity contribution is 7.89. The van der Waals surface area contributed by atoms with Crippen molar-refractivity contribution in [3.8, 4) is 5.75 Å². The minimum atomic E-state index is -3.65. The van der Waals surface area contributed by atoms with Gasteiger partial charge in [0.05, 0.1) is 29.9 Å². The Morgan fingerprint density at radius 1 is 1.28 bits per heavy atom. The molecule has 32 heavy (non-hydrogen) atoms. The molecule has 8 nitrogen and oxygen atoms in total. The molecule has 1 unspecified atom stereocenters. The highest BCUT2D eigenvalue weighted by atomic mass is 35.5. The number of hydrazone groups is 1. The first-order chi connectivity index (χ1) is 15.2. The summed E-state index contributed by atoms with van der Waals surface area (Å²) < 4.78 is 34.5. The van der Waals surface area contributed by atoms with Crippen LogP contribution in [-0.4, -0.2) is 60.6 Å². The summed E-state index contributed by atoms with van der Waals surface area (Å²) in [5, 5.41) is 14.2. The van der Waals surface area contributed by atoms with Gasteiger partial charge in [0.25, 0.3) is 0 Å². The molecule has 1 saturated heterocycles. The lowest BCUT2D eigenvalue weighted by Gasteiger charge is -2.16. The van der Waals surface area contributed by atoms with Crippen molar-refractivity contribution in [2.45, 2.75) is 18.2 Å². The van der Waals surface area contributed by atoms with Crippen LogP contribution in [0.3, 0.4) is 0 Å². The van der Waals surface area contributed by atoms with E-state index in [2.05, 4.69) is 5.10 Å². The third kappa shape index (κ3) is 4.28. The zero-order valence-electron chi connectivity index (χ0n) is 17.6. The topological polar surface area (TPSA) is 99.3 Å². The molecule has 2 heterocycles. The highest BCUT2D eigenvalue weighted by Crippen LogP contribution is 2.33. The van der Waals surface area contributed by atoms with E-state index >= 15 is 0 Å². The molecule has 168 valence electrons. The number of hydrogen-bond donors (Lipinski definition) is 1. The van der Waals surface area contributed by atoms with E-state index in [1.165, 1.54) is 23.5 Å². The van der Waals surface area contributed by atoms with Gasteiger partial charge in [0.15, 0.2) is 6.21 Å². The van der Waals surface area contributed by atoms with E-state index in [0.717, 1.165) is 0 Å². The van der Waals surface area contributed by atoms with Gasteiger partial charge < -0.3 is 9.84 Å². The summed E-state index contributed by atoms with van der Waals surface area (Å²) in [6, 6.07) is 11.5. The first kappa shape index (κ1) is 22.4. The maximum absolute atomic E-state index is 13.1. The molecule has 1 N–H and O–H groups in total. The van der Waals surface area contributed by atoms with Gasteiger partial charge >= 0.3 is 5.97 Å². The van der Waals surface area contributed by atoms with E-state index in [9.17, 15) is 18.3 Å². The number of halogens is 1. The zero-order chi connectivity index (χ0) is 23.0. The van der Waals surface area contributed by atoms with Crippen molar-refractivity contribution in [2.24, 2.45) is 16.9 Å². The van der Waals surface area contributed by atoms with Crippen LogP contribution in [0, 0.1) is 11.8 Å². The Kier molecular flexibility index (Phi) is 6.07. The molecule has 0 amide bonds. The molecule has 2 aliphatic rings. The number of carbonyl (C=O) groups is 1. The Morgan fingerprint density at radius 3 is 2.66 bits per heavy atom. The Hall–Kier alpha value is -2.75. The third-order valence-electron chi connectivity index (χ3n) is 5.73. The van der Waals surface area contributed by atoms with Gasteiger partial charge in [-0.15, -0.1) is 0 Å². The molecule has 0 aliphatic carbocycles. The van der Waals surface area contributed by atoms with Crippen molar-refractivity contribution >= 4 is 45.2 Å². The van der Waals surface area contributed by atoms with Gasteiger partial charge in [-0.2, -0.15) is 4.31 Å². The minimum Gasteiger partial charge on any atom is -0.497 e. The average molecular weight is 477 g/mol. The first-order valence-corrected chi connectivity index (χ1v) is 11.9. The fourth-order valence-corrected chi connectivity index (χ4v) is 5.72. The van der Waals surface area contributed by atoms with Crippen LogP contribution < -0.4 is 4.74 Å². The molecule has 0 aromatic heterocycles. The molecule has 0 bridgehead atoms. The highest BCUT2D eigenvalue weighted by Gasteiger charge is 2.40. The van der Waals surface area contributed by atoms with Crippen LogP contribution in [-0.2, 0) is 14.8 Å². The number of carboxylic acid groups (broad SMARTS) is 1. The fourth-order valence-electron chi connectivity index (χ4n) is 3.98. The SMILES string of the molecule is COc1ccc(S(=O)(=O)N2CC(/C=[N+]3/N=C(CC(=O)O)c4ccc(Cl)cc43)[C@H](C)C2)cc1. The quantitative estimate of drug-likeness (QED) is 0.645. The zero-order valence-corrected chi connectivity index (χ0v) is 19.2. The molecule has 2 aromatic rings. The number of carboxylic acids is 1. The number of hydrogen-bond acceptors (Lipinski definition) is 5. The molecule has 2 aliphatic heterocycles. The van der Waals surface area contributed by atoms with Crippen LogP contribution in [0.1, 0.15) is 18.9 Å². The standard InChI is InChI=1S/C22H22ClN3O5S/c1-14-11-25(32(29,30)18-6-4-17(31-2)5-7-18)12-15(14)13-26-21-9-16(23)3-8-19(21)20(24-26)10-22(27)28/h3-9,13-15H,10-12H2,1-2H3/p+1/b26-13+/t14-,15?/m1/s1. The summed E-state index contributed by atoms with van der Waals surface area (Å²) in [6.45, 7) is 2.66. The molecule has 10 heteroatoms. The minimum absolute atomic E-state index is 0.0457. The molecule has 0 saturated carbocycles. The van der Waals surface area contributed by atoms with E-state index in [1.54, 1.807) is 35.0 Å². The van der Waals surface area contributed by atoms with Crippen molar-refractivity contribution in [3.05, 3.63) is 53.1 Å². The summed E-state index contributed by atoms with van der Waals surface area (Å²) in [5.41, 5.74) is 1.84. The van der Waals surface area contributed by atoms with Crippen molar-refractivity contribution in [1.29, 1.82) is 0 Å². The molecule has 0 spiro atoms. The number of sulfonamides is 1. The van der Waals surface area contributed by atoms with E-state index in [4.69, 9.17) is 16.3 Å². The van der Waals surface area contributed by atoms with Gasteiger partial charge in [-0.3, -0.25) is 4.79 Å². The lowest BCUT2D eigenvalue weighted by Crippen LogP contribution is -2.29. The van der Waals surface area contributed by atoms with Crippen LogP contribution in [0.2, 0.25) is 5.02 Å². The van der Waals surface area contributed by atoms with E-state index in [1.807, 2.05) is 13.1 Å². The van der Waals surface area contributed by atoms with E-state index < -0.39 is 16.0 Å². The smallest absolute Gasteiger partial charge is 0.309 e. The molecule has 2 atom stereocenters. The van der Waals surface area contributed by atoms with Crippen LogP contribution in [0.5, 0.6) is 5.75 Å². The van der Waals surface area contributed by atoms with Crippen molar-refractivity contribution in [3.63, 3.8) is 0 Å². The second-order valence-corrected chi connectivity index (χ2v) is 10.3. The number of aliphatic carboxylic acids is 1. The normalized spacial score (nSPS) is 22.1. The summed E-state index contributed by atoms with van der Waals surface area (Å²) in [5.74, 6) is -0.448. The molecule has 0 radical (unpaired) electrons. The van der Waals surface area contributed by atoms with Gasteiger partial charge in [0.1, 0.15) is 11.5 Å². The van der Waals surface area contributed by atoms with Crippen LogP contribution in [0.4, 0.5) is 5.69 Å². The summed E-state index contributed by atoms with van der Waals surface area (Å²) >= 11 is 6.16. The van der Waals surface area contributed by atoms with Crippen LogP contribution >= 0.6 is 11.6 Å². The lowest BCUT2D eigenvalue weighted by molar-refractivity contribution is -0.438. The number of rotatable bonds is 6. The Balaban J connectivity index is 1.62. The van der Waals surface area contributed by atoms with Crippen LogP contribution in [0.25, 0.3) is 0 Å². The number of methoxy groups -OCH3 is 1. The Labute approximate surface area is 191 Å². The second-order valence-electron chi connectivity index (χ2n) is 7.91. The molecule has 4 rings (SSSR count). The van der Waals surface area contributed by atoms with E-state index in [0.29, 0.717) is 40.8 Å². The molecular formula is C22H23ClN3O5S+. The Bertz CT molecular complexity index is 1220. The average Bonchev–Trinajstić information content (AvgIpc) is 3.28. The number of benzene rings is 2. The lowest BCUT2D eigenvalue weighted by atomic mass is 9.99. The third-order valence-corrected chi connectivity index (χ3v) is 7.81. The largest absolute Gasteiger partial charge is 0.497 e. The van der Waals surface area contributed by atoms with Gasteiger partial charge in [0.2, 0.25) is 15.7 Å². The summed E-state index contributed by atoms with van der Waals surface area (Å²) in [4.78, 5) is 11.5. The molecular weight excluding hydrogens is 454 g/mol. The van der Waals surface area contributed by atoms with Gasteiger partial charge in [0, 0.05) is 29.3 Å². The Morgan fingerprint density at radius 2 is 2.00 bits per heavy atom. The maximum Gasteiger partial charge on any atom is 0.309 e. The van der Waals surface area contributed by atoms with Crippen molar-refractivity contribution in [1.82, 2.24) is 4.31 Å². The van der Waals surface area contributed by atoms with Crippen molar-refractivity contribution < 1.29 is 27.7 Å². The van der Waals surface area contributed by atoms with Gasteiger partial charge in [-0.1, -0.05) is 23.2 Å². The first-order valence-electron chi connectivity index (χ1n) is 10.1. The predicted molar refractivity (Wildman–Crippen MR) is 121 cm³/mol. The maximum atomic E-state index is 13.1. The van der Waals surface area contributed by atoms with Crippen LogP contribution in [0.15, 0.2) is 52.5 Å². The van der Waals surface area contributed by atoms with Crippen molar-refractivity contribution in [2.75, 3.05) is 20.2 Å². The van der Waals surface area contributed by atoms with Gasteiger partial charge in [-0.05, 0) is 42.3 Å². The predicted octanol–water partition coefficient (Wildman–Crippen LogP) is 3.21. The molecule has 2 aromatic carbocycles. The summed E-state index contributed by atoms with van der Waals surface area (Å²) in [6.07, 6.45) is 1.65. The van der Waals surface area contributed by atoms with Gasteiger partial charge in [-0.25, -0.2) is 8.42 Å². The molecule has 1 fully saturated rings. The number of fused-ring (bicyclic) bond motifs is 1. The fraction of sp³-hybridized carbons (Fsp3) is 0.318. The summed E-state index contributed by atoms with van der Waals surface area (Å²) in [7, 11) is -2.12.